The Labute approximate surface area is 139 Å². The van der Waals surface area contributed by atoms with E-state index in [-0.39, 0.29) is 0 Å². The SMILES string of the molecule is CC(CC(=O)N1CCN(C)c2ccccc2C1)C1CCCNC1. The predicted molar refractivity (Wildman–Crippen MR) is 94.5 cm³/mol. The summed E-state index contributed by atoms with van der Waals surface area (Å²) in [5.41, 5.74) is 2.51. The highest BCUT2D eigenvalue weighted by atomic mass is 16.2. The number of hydrogen-bond acceptors (Lipinski definition) is 3. The molecule has 1 aromatic rings. The fourth-order valence-corrected chi connectivity index (χ4v) is 3.84. The molecule has 0 bridgehead atoms. The Morgan fingerprint density at radius 1 is 1.35 bits per heavy atom. The lowest BCUT2D eigenvalue weighted by Gasteiger charge is -2.30. The fourth-order valence-electron chi connectivity index (χ4n) is 3.84. The molecule has 1 N–H and O–H groups in total. The third-order valence-corrected chi connectivity index (χ3v) is 5.46. The van der Waals surface area contributed by atoms with Crippen LogP contribution in [0, 0.1) is 11.8 Å². The second-order valence-corrected chi connectivity index (χ2v) is 7.15. The molecule has 1 fully saturated rings. The number of para-hydroxylation sites is 1. The van der Waals surface area contributed by atoms with Gasteiger partial charge in [-0.05, 0) is 49.4 Å². The maximum atomic E-state index is 12.8. The highest BCUT2D eigenvalue weighted by molar-refractivity contribution is 5.77. The number of carbonyl (C=O) groups excluding carboxylic acids is 1. The van der Waals surface area contributed by atoms with E-state index in [0.717, 1.165) is 32.7 Å². The molecule has 2 aliphatic rings. The number of amides is 1. The zero-order chi connectivity index (χ0) is 16.2. The van der Waals surface area contributed by atoms with Gasteiger partial charge in [0.2, 0.25) is 5.91 Å². The first kappa shape index (κ1) is 16.3. The largest absolute Gasteiger partial charge is 0.373 e. The average molecular weight is 315 g/mol. The number of rotatable bonds is 3. The van der Waals surface area contributed by atoms with Crippen molar-refractivity contribution in [2.45, 2.75) is 32.7 Å². The number of nitrogens with one attached hydrogen (secondary N) is 1. The van der Waals surface area contributed by atoms with Crippen LogP contribution in [-0.2, 0) is 11.3 Å². The number of carbonyl (C=O) groups is 1. The molecular weight excluding hydrogens is 286 g/mol. The maximum absolute atomic E-state index is 12.8. The first-order valence-electron chi connectivity index (χ1n) is 8.92. The molecule has 1 amide bonds. The summed E-state index contributed by atoms with van der Waals surface area (Å²) in [5, 5.41) is 3.47. The molecule has 0 aliphatic carbocycles. The molecule has 126 valence electrons. The van der Waals surface area contributed by atoms with Crippen molar-refractivity contribution in [3.8, 4) is 0 Å². The number of piperidine rings is 1. The molecular formula is C19H29N3O. The summed E-state index contributed by atoms with van der Waals surface area (Å²) >= 11 is 0. The van der Waals surface area contributed by atoms with Gasteiger partial charge in [-0.25, -0.2) is 0 Å². The van der Waals surface area contributed by atoms with E-state index in [1.54, 1.807) is 0 Å². The van der Waals surface area contributed by atoms with E-state index in [1.807, 2.05) is 0 Å². The quantitative estimate of drug-likeness (QED) is 0.931. The van der Waals surface area contributed by atoms with Gasteiger partial charge in [-0.1, -0.05) is 25.1 Å². The average Bonchev–Trinajstić information content (AvgIpc) is 2.75. The summed E-state index contributed by atoms with van der Waals surface area (Å²) < 4.78 is 0. The summed E-state index contributed by atoms with van der Waals surface area (Å²) in [6, 6.07) is 8.44. The Bertz CT molecular complexity index is 539. The van der Waals surface area contributed by atoms with Crippen LogP contribution in [0.3, 0.4) is 0 Å². The van der Waals surface area contributed by atoms with Crippen molar-refractivity contribution in [2.75, 3.05) is 38.1 Å². The monoisotopic (exact) mass is 315 g/mol. The van der Waals surface area contributed by atoms with Crippen molar-refractivity contribution in [1.29, 1.82) is 0 Å². The number of anilines is 1. The third kappa shape index (κ3) is 3.86. The number of benzene rings is 1. The lowest BCUT2D eigenvalue weighted by molar-refractivity contribution is -0.133. The lowest BCUT2D eigenvalue weighted by atomic mass is 9.85. The zero-order valence-corrected chi connectivity index (χ0v) is 14.4. The van der Waals surface area contributed by atoms with E-state index >= 15 is 0 Å². The predicted octanol–water partition coefficient (Wildman–Crippen LogP) is 2.49. The van der Waals surface area contributed by atoms with E-state index < -0.39 is 0 Å². The Balaban J connectivity index is 1.63. The molecule has 0 saturated carbocycles. The summed E-state index contributed by atoms with van der Waals surface area (Å²) in [4.78, 5) is 17.1. The standard InChI is InChI=1S/C19H29N3O/c1-15(16-7-5-9-20-13-16)12-19(23)22-11-10-21(2)18-8-4-3-6-17(18)14-22/h3-4,6,8,15-16,20H,5,7,9-14H2,1-2H3. The van der Waals surface area contributed by atoms with Gasteiger partial charge in [0.05, 0.1) is 0 Å². The van der Waals surface area contributed by atoms with Crippen LogP contribution < -0.4 is 10.2 Å². The molecule has 1 aromatic carbocycles. The van der Waals surface area contributed by atoms with Gasteiger partial charge in [0.25, 0.3) is 0 Å². The van der Waals surface area contributed by atoms with Crippen molar-refractivity contribution in [3.63, 3.8) is 0 Å². The third-order valence-electron chi connectivity index (χ3n) is 5.46. The molecule has 1 saturated heterocycles. The van der Waals surface area contributed by atoms with E-state index in [2.05, 4.69) is 53.4 Å². The van der Waals surface area contributed by atoms with Gasteiger partial charge in [-0.3, -0.25) is 4.79 Å². The van der Waals surface area contributed by atoms with Gasteiger partial charge >= 0.3 is 0 Å². The Hall–Kier alpha value is -1.55. The normalized spacial score (nSPS) is 23.1. The van der Waals surface area contributed by atoms with Crippen molar-refractivity contribution < 1.29 is 4.79 Å². The zero-order valence-electron chi connectivity index (χ0n) is 14.4. The number of nitrogens with zero attached hydrogens (tertiary/aromatic N) is 2. The highest BCUT2D eigenvalue weighted by Crippen LogP contribution is 2.26. The van der Waals surface area contributed by atoms with Gasteiger partial charge in [0, 0.05) is 38.8 Å². The molecule has 0 spiro atoms. The van der Waals surface area contributed by atoms with Crippen molar-refractivity contribution in [3.05, 3.63) is 29.8 Å². The summed E-state index contributed by atoms with van der Waals surface area (Å²) in [6.07, 6.45) is 3.18. The van der Waals surface area contributed by atoms with Crippen LogP contribution in [0.2, 0.25) is 0 Å². The highest BCUT2D eigenvalue weighted by Gasteiger charge is 2.26. The first-order chi connectivity index (χ1) is 11.1. The molecule has 4 heteroatoms. The fraction of sp³-hybridized carbons (Fsp3) is 0.632. The lowest BCUT2D eigenvalue weighted by Crippen LogP contribution is -2.38. The minimum absolute atomic E-state index is 0.313. The maximum Gasteiger partial charge on any atom is 0.223 e. The number of likely N-dealkylation sites (N-methyl/N-ethyl adjacent to an activating group) is 1. The minimum Gasteiger partial charge on any atom is -0.373 e. The van der Waals surface area contributed by atoms with Crippen LogP contribution in [0.25, 0.3) is 0 Å². The second-order valence-electron chi connectivity index (χ2n) is 7.15. The van der Waals surface area contributed by atoms with Gasteiger partial charge in [-0.15, -0.1) is 0 Å². The van der Waals surface area contributed by atoms with E-state index in [4.69, 9.17) is 0 Å². The van der Waals surface area contributed by atoms with Crippen LogP contribution in [0.15, 0.2) is 24.3 Å². The topological polar surface area (TPSA) is 35.6 Å². The molecule has 2 heterocycles. The number of hydrogen-bond donors (Lipinski definition) is 1. The first-order valence-corrected chi connectivity index (χ1v) is 8.92. The smallest absolute Gasteiger partial charge is 0.223 e. The minimum atomic E-state index is 0.313. The Morgan fingerprint density at radius 3 is 2.96 bits per heavy atom. The molecule has 3 rings (SSSR count). The number of fused-ring (bicyclic) bond motifs is 1. The van der Waals surface area contributed by atoms with E-state index in [9.17, 15) is 4.79 Å². The van der Waals surface area contributed by atoms with Gasteiger partial charge in [0.15, 0.2) is 0 Å². The summed E-state index contributed by atoms with van der Waals surface area (Å²) in [6.45, 7) is 6.91. The van der Waals surface area contributed by atoms with Crippen LogP contribution in [0.5, 0.6) is 0 Å². The van der Waals surface area contributed by atoms with Gasteiger partial charge in [-0.2, -0.15) is 0 Å². The Kier molecular flexibility index (Phi) is 5.21. The van der Waals surface area contributed by atoms with E-state index in [0.29, 0.717) is 24.2 Å². The molecule has 2 atom stereocenters. The second kappa shape index (κ2) is 7.35. The van der Waals surface area contributed by atoms with Crippen molar-refractivity contribution in [2.24, 2.45) is 11.8 Å². The summed E-state index contributed by atoms with van der Waals surface area (Å²) in [7, 11) is 2.11. The van der Waals surface area contributed by atoms with Crippen molar-refractivity contribution in [1.82, 2.24) is 10.2 Å². The molecule has 0 aromatic heterocycles. The Morgan fingerprint density at radius 2 is 2.17 bits per heavy atom. The van der Waals surface area contributed by atoms with E-state index in [1.165, 1.54) is 24.1 Å². The molecule has 23 heavy (non-hydrogen) atoms. The molecule has 0 radical (unpaired) electrons. The van der Waals surface area contributed by atoms with Gasteiger partial charge < -0.3 is 15.1 Å². The molecule has 2 aliphatic heterocycles. The van der Waals surface area contributed by atoms with Crippen LogP contribution in [0.4, 0.5) is 5.69 Å². The summed E-state index contributed by atoms with van der Waals surface area (Å²) in [5.74, 6) is 1.43. The van der Waals surface area contributed by atoms with Crippen LogP contribution in [0.1, 0.15) is 31.7 Å². The van der Waals surface area contributed by atoms with Gasteiger partial charge in [0.1, 0.15) is 0 Å². The molecule has 4 nitrogen and oxygen atoms in total. The van der Waals surface area contributed by atoms with Crippen LogP contribution >= 0.6 is 0 Å². The van der Waals surface area contributed by atoms with Crippen LogP contribution in [-0.4, -0.2) is 44.0 Å². The van der Waals surface area contributed by atoms with Crippen molar-refractivity contribution >= 4 is 11.6 Å². The molecule has 2 unspecified atom stereocenters.